The van der Waals surface area contributed by atoms with E-state index in [9.17, 15) is 4.79 Å². The van der Waals surface area contributed by atoms with E-state index < -0.39 is 0 Å². The molecule has 0 fully saturated rings. The Bertz CT molecular complexity index is 526. The topological polar surface area (TPSA) is 44.9 Å². The first-order chi connectivity index (χ1) is 7.61. The number of benzene rings is 1. The smallest absolute Gasteiger partial charge is 0.267 e. The van der Waals surface area contributed by atoms with Crippen molar-refractivity contribution in [3.63, 3.8) is 0 Å². The molecule has 0 radical (unpaired) electrons. The van der Waals surface area contributed by atoms with Gasteiger partial charge in [0.15, 0.2) is 0 Å². The normalized spacial score (nSPS) is 11.0. The number of amides is 1. The van der Waals surface area contributed by atoms with Gasteiger partial charge >= 0.3 is 0 Å². The summed E-state index contributed by atoms with van der Waals surface area (Å²) in [5.74, 6) is 0.421. The fourth-order valence-corrected chi connectivity index (χ4v) is 1.77. The van der Waals surface area contributed by atoms with Crippen LogP contribution in [-0.2, 0) is 0 Å². The van der Waals surface area contributed by atoms with Crippen molar-refractivity contribution >= 4 is 16.8 Å². The molecule has 1 aromatic heterocycles. The van der Waals surface area contributed by atoms with E-state index in [2.05, 4.69) is 36.3 Å². The molecule has 0 unspecified atom stereocenters. The lowest BCUT2D eigenvalue weighted by Crippen LogP contribution is -2.17. The monoisotopic (exact) mass is 216 g/mol. The zero-order chi connectivity index (χ0) is 11.7. The fraction of sp³-hybridized carbons (Fsp3) is 0.308. The van der Waals surface area contributed by atoms with Crippen LogP contribution in [0.1, 0.15) is 35.8 Å². The molecule has 1 amide bonds. The van der Waals surface area contributed by atoms with Gasteiger partial charge in [0, 0.05) is 18.0 Å². The van der Waals surface area contributed by atoms with Crippen LogP contribution in [0.5, 0.6) is 0 Å². The molecule has 0 aliphatic rings. The van der Waals surface area contributed by atoms with Crippen molar-refractivity contribution in [1.82, 2.24) is 10.3 Å². The molecule has 0 aliphatic carbocycles. The molecular formula is C13H16N2O. The van der Waals surface area contributed by atoms with Crippen LogP contribution < -0.4 is 5.32 Å². The number of hydrogen-bond donors (Lipinski definition) is 2. The molecule has 2 N–H and O–H groups in total. The summed E-state index contributed by atoms with van der Waals surface area (Å²) in [4.78, 5) is 14.6. The van der Waals surface area contributed by atoms with E-state index in [-0.39, 0.29) is 5.91 Å². The molecule has 0 spiro atoms. The molecule has 1 heterocycles. The standard InChI is InChI=1S/C13H16N2O/c1-8(2)9-4-5-11-10(6-9)7-12(15-11)13(16)14-3/h4-8,15H,1-3H3,(H,14,16). The summed E-state index contributed by atoms with van der Waals surface area (Å²) < 4.78 is 0. The van der Waals surface area contributed by atoms with Gasteiger partial charge in [0.25, 0.3) is 5.91 Å². The van der Waals surface area contributed by atoms with Gasteiger partial charge in [-0.15, -0.1) is 0 Å². The van der Waals surface area contributed by atoms with Crippen LogP contribution >= 0.6 is 0 Å². The van der Waals surface area contributed by atoms with E-state index in [1.165, 1.54) is 5.56 Å². The van der Waals surface area contributed by atoms with Gasteiger partial charge in [-0.3, -0.25) is 4.79 Å². The molecule has 0 saturated heterocycles. The van der Waals surface area contributed by atoms with E-state index in [4.69, 9.17) is 0 Å². The lowest BCUT2D eigenvalue weighted by molar-refractivity contribution is 0.0959. The Balaban J connectivity index is 2.50. The molecule has 0 atom stereocenters. The number of nitrogens with one attached hydrogen (secondary N) is 2. The Morgan fingerprint density at radius 3 is 2.69 bits per heavy atom. The minimum absolute atomic E-state index is 0.0812. The molecule has 0 aliphatic heterocycles. The maximum atomic E-state index is 11.5. The molecule has 1 aromatic carbocycles. The molecule has 3 heteroatoms. The third kappa shape index (κ3) is 1.81. The second kappa shape index (κ2) is 4.00. The van der Waals surface area contributed by atoms with E-state index in [1.54, 1.807) is 7.05 Å². The van der Waals surface area contributed by atoms with Crippen molar-refractivity contribution in [3.8, 4) is 0 Å². The maximum Gasteiger partial charge on any atom is 0.267 e. The molecule has 0 bridgehead atoms. The average Bonchev–Trinajstić information content (AvgIpc) is 2.70. The highest BCUT2D eigenvalue weighted by atomic mass is 16.1. The van der Waals surface area contributed by atoms with Crippen LogP contribution in [0.15, 0.2) is 24.3 Å². The highest BCUT2D eigenvalue weighted by Gasteiger charge is 2.08. The zero-order valence-corrected chi connectivity index (χ0v) is 9.79. The highest BCUT2D eigenvalue weighted by molar-refractivity contribution is 5.97. The van der Waals surface area contributed by atoms with Crippen molar-refractivity contribution in [2.75, 3.05) is 7.05 Å². The van der Waals surface area contributed by atoms with Crippen LogP contribution in [0.25, 0.3) is 10.9 Å². The summed E-state index contributed by atoms with van der Waals surface area (Å²) in [6, 6.07) is 8.14. The first kappa shape index (κ1) is 10.7. The summed E-state index contributed by atoms with van der Waals surface area (Å²) in [5.41, 5.74) is 2.90. The lowest BCUT2D eigenvalue weighted by atomic mass is 10.0. The number of carbonyl (C=O) groups excluding carboxylic acids is 1. The van der Waals surface area contributed by atoms with Gasteiger partial charge in [0.1, 0.15) is 5.69 Å². The SMILES string of the molecule is CNC(=O)c1cc2cc(C(C)C)ccc2[nH]1. The quantitative estimate of drug-likeness (QED) is 0.796. The first-order valence-electron chi connectivity index (χ1n) is 5.46. The fourth-order valence-electron chi connectivity index (χ4n) is 1.77. The van der Waals surface area contributed by atoms with Gasteiger partial charge in [-0.25, -0.2) is 0 Å². The number of carbonyl (C=O) groups is 1. The van der Waals surface area contributed by atoms with Crippen LogP contribution in [0.3, 0.4) is 0 Å². The number of fused-ring (bicyclic) bond motifs is 1. The van der Waals surface area contributed by atoms with E-state index in [0.29, 0.717) is 11.6 Å². The summed E-state index contributed by atoms with van der Waals surface area (Å²) >= 11 is 0. The van der Waals surface area contributed by atoms with Crippen LogP contribution in [0.4, 0.5) is 0 Å². The van der Waals surface area contributed by atoms with Crippen LogP contribution in [0.2, 0.25) is 0 Å². The Kier molecular flexibility index (Phi) is 2.69. The molecule has 2 aromatic rings. The van der Waals surface area contributed by atoms with Gasteiger partial charge < -0.3 is 10.3 Å². The third-order valence-corrected chi connectivity index (χ3v) is 2.78. The summed E-state index contributed by atoms with van der Waals surface area (Å²) in [6.45, 7) is 4.32. The van der Waals surface area contributed by atoms with Crippen LogP contribution in [0, 0.1) is 0 Å². The van der Waals surface area contributed by atoms with Crippen molar-refractivity contribution in [3.05, 3.63) is 35.5 Å². The van der Waals surface area contributed by atoms with Gasteiger partial charge in [0.2, 0.25) is 0 Å². The maximum absolute atomic E-state index is 11.5. The lowest BCUT2D eigenvalue weighted by Gasteiger charge is -2.03. The van der Waals surface area contributed by atoms with E-state index in [0.717, 1.165) is 10.9 Å². The van der Waals surface area contributed by atoms with Crippen molar-refractivity contribution in [2.45, 2.75) is 19.8 Å². The Morgan fingerprint density at radius 1 is 1.31 bits per heavy atom. The molecule has 16 heavy (non-hydrogen) atoms. The van der Waals surface area contributed by atoms with Gasteiger partial charge in [0.05, 0.1) is 0 Å². The molecule has 84 valence electrons. The minimum atomic E-state index is -0.0812. The predicted molar refractivity (Wildman–Crippen MR) is 65.8 cm³/mol. The predicted octanol–water partition coefficient (Wildman–Crippen LogP) is 2.65. The van der Waals surface area contributed by atoms with Gasteiger partial charge in [-0.05, 0) is 29.7 Å². The van der Waals surface area contributed by atoms with Crippen molar-refractivity contribution in [2.24, 2.45) is 0 Å². The number of rotatable bonds is 2. The summed E-state index contributed by atoms with van der Waals surface area (Å²) in [7, 11) is 1.63. The molecule has 0 saturated carbocycles. The number of hydrogen-bond acceptors (Lipinski definition) is 1. The number of aromatic nitrogens is 1. The largest absolute Gasteiger partial charge is 0.354 e. The van der Waals surface area contributed by atoms with Crippen LogP contribution in [-0.4, -0.2) is 17.9 Å². The minimum Gasteiger partial charge on any atom is -0.354 e. The molecule has 2 rings (SSSR count). The first-order valence-corrected chi connectivity index (χ1v) is 5.46. The molecule has 3 nitrogen and oxygen atoms in total. The molecular weight excluding hydrogens is 200 g/mol. The summed E-state index contributed by atoms with van der Waals surface area (Å²) in [5, 5.41) is 3.70. The van der Waals surface area contributed by atoms with Gasteiger partial charge in [-0.2, -0.15) is 0 Å². The highest BCUT2D eigenvalue weighted by Crippen LogP contribution is 2.21. The third-order valence-electron chi connectivity index (χ3n) is 2.78. The average molecular weight is 216 g/mol. The van der Waals surface area contributed by atoms with E-state index in [1.807, 2.05) is 12.1 Å². The number of H-pyrrole nitrogens is 1. The number of aromatic amines is 1. The van der Waals surface area contributed by atoms with Gasteiger partial charge in [-0.1, -0.05) is 19.9 Å². The second-order valence-electron chi connectivity index (χ2n) is 4.26. The second-order valence-corrected chi connectivity index (χ2v) is 4.26. The summed E-state index contributed by atoms with van der Waals surface area (Å²) in [6.07, 6.45) is 0. The van der Waals surface area contributed by atoms with E-state index >= 15 is 0 Å². The van der Waals surface area contributed by atoms with Crippen molar-refractivity contribution in [1.29, 1.82) is 0 Å². The van der Waals surface area contributed by atoms with Crippen molar-refractivity contribution < 1.29 is 4.79 Å². The Labute approximate surface area is 94.9 Å². The Hall–Kier alpha value is -1.77. The Morgan fingerprint density at radius 2 is 2.06 bits per heavy atom. The zero-order valence-electron chi connectivity index (χ0n) is 9.79.